The molecule has 1 saturated heterocycles. The van der Waals surface area contributed by atoms with Crippen molar-refractivity contribution >= 4 is 10.0 Å². The minimum absolute atomic E-state index is 0.0716. The molecule has 7 heteroatoms. The molecule has 1 aliphatic heterocycles. The van der Waals surface area contributed by atoms with Gasteiger partial charge in [-0.3, -0.25) is 4.90 Å². The first-order valence-electron chi connectivity index (χ1n) is 8.63. The van der Waals surface area contributed by atoms with Crippen molar-refractivity contribution in [1.29, 1.82) is 0 Å². The number of benzene rings is 2. The minimum atomic E-state index is -3.79. The Labute approximate surface area is 153 Å². The van der Waals surface area contributed by atoms with Crippen molar-refractivity contribution in [2.45, 2.75) is 23.8 Å². The zero-order chi connectivity index (χ0) is 18.6. The van der Waals surface area contributed by atoms with Crippen LogP contribution in [0.3, 0.4) is 0 Å². The van der Waals surface area contributed by atoms with Crippen LogP contribution in [0.5, 0.6) is 5.75 Å². The van der Waals surface area contributed by atoms with Crippen LogP contribution in [0.2, 0.25) is 0 Å². The molecule has 1 aliphatic rings. The van der Waals surface area contributed by atoms with Gasteiger partial charge in [-0.15, -0.1) is 0 Å². The van der Waals surface area contributed by atoms with E-state index >= 15 is 0 Å². The highest BCUT2D eigenvalue weighted by Crippen LogP contribution is 2.31. The maximum absolute atomic E-state index is 13.4. The van der Waals surface area contributed by atoms with Gasteiger partial charge in [-0.1, -0.05) is 24.3 Å². The molecule has 1 unspecified atom stereocenters. The SMILES string of the molecule is COc1ccccc1C(CNS(=O)(=O)c1cccc(F)c1)N1CCCC1. The second-order valence-electron chi connectivity index (χ2n) is 6.31. The average molecular weight is 378 g/mol. The summed E-state index contributed by atoms with van der Waals surface area (Å²) in [5.41, 5.74) is 0.943. The van der Waals surface area contributed by atoms with E-state index in [9.17, 15) is 12.8 Å². The third kappa shape index (κ3) is 4.23. The largest absolute Gasteiger partial charge is 0.496 e. The Morgan fingerprint density at radius 1 is 1.15 bits per heavy atom. The molecule has 0 aromatic heterocycles. The third-order valence-corrected chi connectivity index (χ3v) is 6.07. The molecular weight excluding hydrogens is 355 g/mol. The molecule has 5 nitrogen and oxygen atoms in total. The lowest BCUT2D eigenvalue weighted by atomic mass is 10.0. The third-order valence-electron chi connectivity index (χ3n) is 4.65. The highest BCUT2D eigenvalue weighted by molar-refractivity contribution is 7.89. The number of methoxy groups -OCH3 is 1. The van der Waals surface area contributed by atoms with Crippen LogP contribution in [-0.4, -0.2) is 40.1 Å². The first kappa shape index (κ1) is 18.8. The minimum Gasteiger partial charge on any atom is -0.496 e. The van der Waals surface area contributed by atoms with Gasteiger partial charge < -0.3 is 4.74 Å². The van der Waals surface area contributed by atoms with Crippen LogP contribution in [0.25, 0.3) is 0 Å². The number of hydrogen-bond donors (Lipinski definition) is 1. The molecule has 3 rings (SSSR count). The van der Waals surface area contributed by atoms with E-state index in [2.05, 4.69) is 9.62 Å². The summed E-state index contributed by atoms with van der Waals surface area (Å²) in [6, 6.07) is 12.5. The Balaban J connectivity index is 1.84. The Bertz CT molecular complexity index is 851. The second kappa shape index (κ2) is 8.16. The summed E-state index contributed by atoms with van der Waals surface area (Å²) in [5.74, 6) is 0.156. The summed E-state index contributed by atoms with van der Waals surface area (Å²) in [6.45, 7) is 2.01. The average Bonchev–Trinajstić information content (AvgIpc) is 3.16. The van der Waals surface area contributed by atoms with Gasteiger partial charge >= 0.3 is 0 Å². The van der Waals surface area contributed by atoms with Crippen molar-refractivity contribution in [3.8, 4) is 5.75 Å². The van der Waals surface area contributed by atoms with Crippen molar-refractivity contribution in [1.82, 2.24) is 9.62 Å². The lowest BCUT2D eigenvalue weighted by molar-refractivity contribution is 0.240. The predicted molar refractivity (Wildman–Crippen MR) is 98.1 cm³/mol. The maximum atomic E-state index is 13.4. The van der Waals surface area contributed by atoms with Gasteiger partial charge in [0.15, 0.2) is 0 Å². The molecule has 0 radical (unpaired) electrons. The smallest absolute Gasteiger partial charge is 0.240 e. The van der Waals surface area contributed by atoms with E-state index in [1.807, 2.05) is 24.3 Å². The molecule has 1 fully saturated rings. The Morgan fingerprint density at radius 2 is 1.88 bits per heavy atom. The predicted octanol–water partition coefficient (Wildman–Crippen LogP) is 2.95. The molecule has 140 valence electrons. The lowest BCUT2D eigenvalue weighted by Crippen LogP contribution is -2.37. The molecule has 0 aliphatic carbocycles. The summed E-state index contributed by atoms with van der Waals surface area (Å²) in [6.07, 6.45) is 2.17. The molecule has 1 atom stereocenters. The standard InChI is InChI=1S/C19H23FN2O3S/c1-25-19-10-3-2-9-17(19)18(22-11-4-5-12-22)14-21-26(23,24)16-8-6-7-15(20)13-16/h2-3,6-10,13,18,21H,4-5,11-12,14H2,1H3. The van der Waals surface area contributed by atoms with Gasteiger partial charge in [0, 0.05) is 12.1 Å². The quantitative estimate of drug-likeness (QED) is 0.805. The fraction of sp³-hybridized carbons (Fsp3) is 0.368. The number of para-hydroxylation sites is 1. The van der Waals surface area contributed by atoms with Crippen LogP contribution in [-0.2, 0) is 10.0 Å². The fourth-order valence-electron chi connectivity index (χ4n) is 3.34. The van der Waals surface area contributed by atoms with Crippen LogP contribution in [0.1, 0.15) is 24.4 Å². The van der Waals surface area contributed by atoms with Gasteiger partial charge in [-0.25, -0.2) is 17.5 Å². The van der Waals surface area contributed by atoms with E-state index in [1.165, 1.54) is 18.2 Å². The van der Waals surface area contributed by atoms with E-state index in [4.69, 9.17) is 4.74 Å². The van der Waals surface area contributed by atoms with Crippen molar-refractivity contribution in [3.05, 3.63) is 59.9 Å². The van der Waals surface area contributed by atoms with E-state index in [0.29, 0.717) is 0 Å². The lowest BCUT2D eigenvalue weighted by Gasteiger charge is -2.29. The van der Waals surface area contributed by atoms with Gasteiger partial charge in [-0.05, 0) is 50.2 Å². The molecular formula is C19H23FN2O3S. The molecule has 1 heterocycles. The number of ether oxygens (including phenoxy) is 1. The zero-order valence-corrected chi connectivity index (χ0v) is 15.5. The van der Waals surface area contributed by atoms with E-state index in [0.717, 1.165) is 43.3 Å². The molecule has 26 heavy (non-hydrogen) atoms. The van der Waals surface area contributed by atoms with Crippen molar-refractivity contribution in [3.63, 3.8) is 0 Å². The second-order valence-corrected chi connectivity index (χ2v) is 8.08. The molecule has 2 aromatic carbocycles. The number of nitrogens with one attached hydrogen (secondary N) is 1. The normalized spacial score (nSPS) is 16.5. The van der Waals surface area contributed by atoms with E-state index in [-0.39, 0.29) is 17.5 Å². The van der Waals surface area contributed by atoms with Gasteiger partial charge in [-0.2, -0.15) is 0 Å². The molecule has 0 amide bonds. The number of sulfonamides is 1. The van der Waals surface area contributed by atoms with Gasteiger partial charge in [0.25, 0.3) is 0 Å². The number of rotatable bonds is 7. The van der Waals surface area contributed by atoms with Crippen LogP contribution < -0.4 is 9.46 Å². The number of halogens is 1. The molecule has 0 saturated carbocycles. The number of likely N-dealkylation sites (tertiary alicyclic amines) is 1. The highest BCUT2D eigenvalue weighted by atomic mass is 32.2. The zero-order valence-electron chi connectivity index (χ0n) is 14.7. The maximum Gasteiger partial charge on any atom is 0.240 e. The van der Waals surface area contributed by atoms with E-state index < -0.39 is 15.8 Å². The summed E-state index contributed by atoms with van der Waals surface area (Å²) < 4.78 is 46.6. The summed E-state index contributed by atoms with van der Waals surface area (Å²) in [5, 5.41) is 0. The van der Waals surface area contributed by atoms with Crippen LogP contribution >= 0.6 is 0 Å². The Hall–Kier alpha value is -1.96. The summed E-state index contributed by atoms with van der Waals surface area (Å²) in [7, 11) is -2.18. The summed E-state index contributed by atoms with van der Waals surface area (Å²) in [4.78, 5) is 2.18. The Morgan fingerprint density at radius 3 is 2.58 bits per heavy atom. The number of nitrogens with zero attached hydrogens (tertiary/aromatic N) is 1. The highest BCUT2D eigenvalue weighted by Gasteiger charge is 2.27. The molecule has 1 N–H and O–H groups in total. The molecule has 0 bridgehead atoms. The van der Waals surface area contributed by atoms with Crippen molar-refractivity contribution in [2.24, 2.45) is 0 Å². The monoisotopic (exact) mass is 378 g/mol. The van der Waals surface area contributed by atoms with Crippen LogP contribution in [0, 0.1) is 5.82 Å². The van der Waals surface area contributed by atoms with E-state index in [1.54, 1.807) is 7.11 Å². The molecule has 0 spiro atoms. The van der Waals surface area contributed by atoms with Crippen LogP contribution in [0.15, 0.2) is 53.4 Å². The van der Waals surface area contributed by atoms with Gasteiger partial charge in [0.05, 0.1) is 18.0 Å². The van der Waals surface area contributed by atoms with Crippen LogP contribution in [0.4, 0.5) is 4.39 Å². The molecule has 2 aromatic rings. The van der Waals surface area contributed by atoms with Gasteiger partial charge in [0.2, 0.25) is 10.0 Å². The van der Waals surface area contributed by atoms with Crippen molar-refractivity contribution in [2.75, 3.05) is 26.7 Å². The fourth-order valence-corrected chi connectivity index (χ4v) is 4.41. The van der Waals surface area contributed by atoms with Gasteiger partial charge in [0.1, 0.15) is 11.6 Å². The van der Waals surface area contributed by atoms with Crippen molar-refractivity contribution < 1.29 is 17.5 Å². The topological polar surface area (TPSA) is 58.6 Å². The summed E-state index contributed by atoms with van der Waals surface area (Å²) >= 11 is 0. The first-order chi connectivity index (χ1) is 12.5. The Kier molecular flexibility index (Phi) is 5.90. The first-order valence-corrected chi connectivity index (χ1v) is 10.1. The number of hydrogen-bond acceptors (Lipinski definition) is 4.